The highest BCUT2D eigenvalue weighted by molar-refractivity contribution is 7.93. The first-order chi connectivity index (χ1) is 9.86. The van der Waals surface area contributed by atoms with Gasteiger partial charge in [0.1, 0.15) is 4.75 Å². The lowest BCUT2D eigenvalue weighted by Gasteiger charge is -2.50. The lowest BCUT2D eigenvalue weighted by molar-refractivity contribution is -0.141. The van der Waals surface area contributed by atoms with E-state index in [-0.39, 0.29) is 23.5 Å². The Morgan fingerprint density at radius 1 is 1.24 bits per heavy atom. The fourth-order valence-electron chi connectivity index (χ4n) is 3.49. The van der Waals surface area contributed by atoms with Gasteiger partial charge in [0.05, 0.1) is 12.4 Å². The van der Waals surface area contributed by atoms with E-state index in [2.05, 4.69) is 0 Å². The molecule has 2 heterocycles. The Kier molecular flexibility index (Phi) is 3.81. The first kappa shape index (κ1) is 15.3. The minimum atomic E-state index is -3.10. The van der Waals surface area contributed by atoms with Crippen molar-refractivity contribution in [1.82, 2.24) is 4.90 Å². The standard InChI is InChI=1S/C15H25NO4S/c1-11(2)14(17)16-9-15(10-16)13(5-6-21(15,18)19)8-20-7-12-3-4-12/h11-13H,3-10H2,1-2H3. The Hall–Kier alpha value is -0.620. The number of carbonyl (C=O) groups excluding carboxylic acids is 1. The van der Waals surface area contributed by atoms with E-state index in [0.29, 0.717) is 32.0 Å². The molecule has 2 aliphatic heterocycles. The topological polar surface area (TPSA) is 63.7 Å². The molecule has 120 valence electrons. The second kappa shape index (κ2) is 5.23. The van der Waals surface area contributed by atoms with Crippen LogP contribution >= 0.6 is 0 Å². The van der Waals surface area contributed by atoms with Gasteiger partial charge in [0, 0.05) is 31.5 Å². The maximum absolute atomic E-state index is 12.4. The third kappa shape index (κ3) is 2.61. The fraction of sp³-hybridized carbons (Fsp3) is 0.933. The third-order valence-corrected chi connectivity index (χ3v) is 7.79. The van der Waals surface area contributed by atoms with Gasteiger partial charge in [-0.05, 0) is 25.2 Å². The van der Waals surface area contributed by atoms with Crippen LogP contribution in [0.15, 0.2) is 0 Å². The van der Waals surface area contributed by atoms with E-state index in [1.807, 2.05) is 13.8 Å². The van der Waals surface area contributed by atoms with Gasteiger partial charge in [-0.3, -0.25) is 4.79 Å². The number of ether oxygens (including phenoxy) is 1. The molecular weight excluding hydrogens is 290 g/mol. The van der Waals surface area contributed by atoms with E-state index in [0.717, 1.165) is 6.61 Å². The van der Waals surface area contributed by atoms with Crippen molar-refractivity contribution in [2.24, 2.45) is 17.8 Å². The Morgan fingerprint density at radius 2 is 1.90 bits per heavy atom. The lowest BCUT2D eigenvalue weighted by atomic mass is 9.83. The van der Waals surface area contributed by atoms with E-state index in [1.165, 1.54) is 12.8 Å². The van der Waals surface area contributed by atoms with Gasteiger partial charge in [0.2, 0.25) is 5.91 Å². The average molecular weight is 315 g/mol. The summed E-state index contributed by atoms with van der Waals surface area (Å²) in [4.78, 5) is 13.7. The highest BCUT2D eigenvalue weighted by Gasteiger charge is 2.62. The Labute approximate surface area is 126 Å². The summed E-state index contributed by atoms with van der Waals surface area (Å²) in [5, 5.41) is 0. The van der Waals surface area contributed by atoms with E-state index in [9.17, 15) is 13.2 Å². The molecule has 1 atom stereocenters. The van der Waals surface area contributed by atoms with E-state index in [1.54, 1.807) is 4.90 Å². The predicted octanol–water partition coefficient (Wildman–Crippen LogP) is 1.08. The summed E-state index contributed by atoms with van der Waals surface area (Å²) in [6.45, 7) is 5.73. The van der Waals surface area contributed by atoms with Crippen LogP contribution in [0.1, 0.15) is 33.1 Å². The monoisotopic (exact) mass is 315 g/mol. The van der Waals surface area contributed by atoms with Crippen LogP contribution in [0.25, 0.3) is 0 Å². The summed E-state index contributed by atoms with van der Waals surface area (Å²) < 4.78 is 29.9. The van der Waals surface area contributed by atoms with Crippen LogP contribution in [0, 0.1) is 17.8 Å². The molecule has 3 fully saturated rings. The van der Waals surface area contributed by atoms with Gasteiger partial charge in [-0.1, -0.05) is 13.8 Å². The number of carbonyl (C=O) groups is 1. The fourth-order valence-corrected chi connectivity index (χ4v) is 5.89. The van der Waals surface area contributed by atoms with Gasteiger partial charge in [0.25, 0.3) is 0 Å². The van der Waals surface area contributed by atoms with Crippen molar-refractivity contribution in [3.05, 3.63) is 0 Å². The molecule has 21 heavy (non-hydrogen) atoms. The highest BCUT2D eigenvalue weighted by Crippen LogP contribution is 2.45. The van der Waals surface area contributed by atoms with E-state index < -0.39 is 14.6 Å². The zero-order chi connectivity index (χ0) is 15.3. The number of hydrogen-bond donors (Lipinski definition) is 0. The van der Waals surface area contributed by atoms with Gasteiger partial charge in [-0.15, -0.1) is 0 Å². The molecule has 2 saturated heterocycles. The molecular formula is C15H25NO4S. The van der Waals surface area contributed by atoms with E-state index in [4.69, 9.17) is 4.74 Å². The van der Waals surface area contributed by atoms with Gasteiger partial charge in [-0.2, -0.15) is 0 Å². The Bertz CT molecular complexity index is 518. The number of sulfone groups is 1. The second-order valence-electron chi connectivity index (χ2n) is 7.20. The first-order valence-corrected chi connectivity index (χ1v) is 9.60. The maximum Gasteiger partial charge on any atom is 0.225 e. The lowest BCUT2D eigenvalue weighted by Crippen LogP contribution is -2.69. The Balaban J connectivity index is 1.63. The summed E-state index contributed by atoms with van der Waals surface area (Å²) in [5.74, 6) is 0.974. The minimum absolute atomic E-state index is 0.0532. The number of likely N-dealkylation sites (tertiary alicyclic amines) is 1. The maximum atomic E-state index is 12.4. The Morgan fingerprint density at radius 3 is 2.48 bits per heavy atom. The van der Waals surface area contributed by atoms with Crippen molar-refractivity contribution in [2.75, 3.05) is 32.1 Å². The van der Waals surface area contributed by atoms with Crippen LogP contribution < -0.4 is 0 Å². The second-order valence-corrected chi connectivity index (χ2v) is 9.65. The number of hydrogen-bond acceptors (Lipinski definition) is 4. The van der Waals surface area contributed by atoms with Gasteiger partial charge in [0.15, 0.2) is 9.84 Å². The van der Waals surface area contributed by atoms with Crippen molar-refractivity contribution < 1.29 is 17.9 Å². The molecule has 1 amide bonds. The summed E-state index contributed by atoms with van der Waals surface area (Å²) in [6.07, 6.45) is 3.16. The molecule has 0 aromatic carbocycles. The molecule has 0 radical (unpaired) electrons. The number of nitrogens with zero attached hydrogens (tertiary/aromatic N) is 1. The van der Waals surface area contributed by atoms with Crippen LogP contribution in [-0.4, -0.2) is 56.0 Å². The summed E-state index contributed by atoms with van der Waals surface area (Å²) in [6, 6.07) is 0. The average Bonchev–Trinajstić information content (AvgIpc) is 3.12. The van der Waals surface area contributed by atoms with Crippen molar-refractivity contribution >= 4 is 15.7 Å². The van der Waals surface area contributed by atoms with Crippen LogP contribution in [-0.2, 0) is 19.4 Å². The largest absolute Gasteiger partial charge is 0.381 e. The zero-order valence-electron chi connectivity index (χ0n) is 12.9. The normalized spacial score (nSPS) is 29.9. The predicted molar refractivity (Wildman–Crippen MR) is 79.6 cm³/mol. The molecule has 0 aromatic rings. The molecule has 0 aromatic heterocycles. The molecule has 0 bridgehead atoms. The number of amides is 1. The van der Waals surface area contributed by atoms with Crippen LogP contribution in [0.5, 0.6) is 0 Å². The minimum Gasteiger partial charge on any atom is -0.381 e. The molecule has 0 N–H and O–H groups in total. The van der Waals surface area contributed by atoms with Crippen molar-refractivity contribution in [3.63, 3.8) is 0 Å². The molecule has 5 nitrogen and oxygen atoms in total. The van der Waals surface area contributed by atoms with Crippen LogP contribution in [0.4, 0.5) is 0 Å². The molecule has 1 unspecified atom stereocenters. The van der Waals surface area contributed by atoms with Crippen molar-refractivity contribution in [3.8, 4) is 0 Å². The zero-order valence-corrected chi connectivity index (χ0v) is 13.7. The molecule has 3 rings (SSSR count). The van der Waals surface area contributed by atoms with E-state index >= 15 is 0 Å². The van der Waals surface area contributed by atoms with Gasteiger partial charge >= 0.3 is 0 Å². The smallest absolute Gasteiger partial charge is 0.225 e. The van der Waals surface area contributed by atoms with Crippen LogP contribution in [0.2, 0.25) is 0 Å². The highest BCUT2D eigenvalue weighted by atomic mass is 32.2. The third-order valence-electron chi connectivity index (χ3n) is 5.19. The van der Waals surface area contributed by atoms with Gasteiger partial charge in [-0.25, -0.2) is 8.42 Å². The summed E-state index contributed by atoms with van der Waals surface area (Å²) >= 11 is 0. The molecule has 3 aliphatic rings. The first-order valence-electron chi connectivity index (χ1n) is 7.94. The summed E-state index contributed by atoms with van der Waals surface area (Å²) in [7, 11) is -3.10. The molecule has 1 aliphatic carbocycles. The molecule has 1 spiro atoms. The molecule has 1 saturated carbocycles. The quantitative estimate of drug-likeness (QED) is 0.762. The molecule has 6 heteroatoms. The van der Waals surface area contributed by atoms with Crippen LogP contribution in [0.3, 0.4) is 0 Å². The van der Waals surface area contributed by atoms with Crippen molar-refractivity contribution in [2.45, 2.75) is 37.9 Å². The van der Waals surface area contributed by atoms with Gasteiger partial charge < -0.3 is 9.64 Å². The van der Waals surface area contributed by atoms with Crippen molar-refractivity contribution in [1.29, 1.82) is 0 Å². The number of rotatable bonds is 5. The summed E-state index contributed by atoms with van der Waals surface area (Å²) in [5.41, 5.74) is 0. The SMILES string of the molecule is CC(C)C(=O)N1CC2(C1)C(COCC1CC1)CCS2(=O)=O.